The lowest BCUT2D eigenvalue weighted by molar-refractivity contribution is -0.124. The van der Waals surface area contributed by atoms with E-state index in [1.54, 1.807) is 6.92 Å². The van der Waals surface area contributed by atoms with Crippen LogP contribution in [0.2, 0.25) is 0 Å². The number of ether oxygens (including phenoxy) is 1. The quantitative estimate of drug-likeness (QED) is 0.878. The molecule has 2 rings (SSSR count). The predicted octanol–water partition coefficient (Wildman–Crippen LogP) is 1.45. The second-order valence-corrected chi connectivity index (χ2v) is 4.83. The molecule has 0 spiro atoms. The summed E-state index contributed by atoms with van der Waals surface area (Å²) in [5, 5.41) is 6.57. The van der Waals surface area contributed by atoms with Gasteiger partial charge in [-0.1, -0.05) is 24.9 Å². The number of rotatable bonds is 4. The van der Waals surface area contributed by atoms with E-state index in [9.17, 15) is 4.79 Å². The molecule has 1 aromatic rings. The average Bonchev–Trinajstić information content (AvgIpc) is 2.76. The molecular formula is C12H19N3O3. The molecule has 0 bridgehead atoms. The minimum atomic E-state index is -0.135. The van der Waals surface area contributed by atoms with E-state index in [0.717, 1.165) is 6.42 Å². The molecule has 0 aliphatic heterocycles. The summed E-state index contributed by atoms with van der Waals surface area (Å²) in [6, 6.07) is 0.263. The van der Waals surface area contributed by atoms with Crippen molar-refractivity contribution < 1.29 is 14.1 Å². The van der Waals surface area contributed by atoms with Gasteiger partial charge in [-0.3, -0.25) is 9.32 Å². The number of carbonyl (C=O) groups excluding carboxylic acids is 1. The highest BCUT2D eigenvalue weighted by Crippen LogP contribution is 2.23. The van der Waals surface area contributed by atoms with E-state index >= 15 is 0 Å². The summed E-state index contributed by atoms with van der Waals surface area (Å²) in [5.41, 5.74) is 0. The highest BCUT2D eigenvalue weighted by molar-refractivity contribution is 5.77. The van der Waals surface area contributed by atoms with Crippen molar-refractivity contribution >= 4 is 5.91 Å². The van der Waals surface area contributed by atoms with E-state index in [2.05, 4.69) is 22.4 Å². The minimum Gasteiger partial charge on any atom is -0.439 e. The van der Waals surface area contributed by atoms with E-state index < -0.39 is 0 Å². The first-order valence-electron chi connectivity index (χ1n) is 6.37. The highest BCUT2D eigenvalue weighted by Gasteiger charge is 2.23. The first-order chi connectivity index (χ1) is 8.65. The summed E-state index contributed by atoms with van der Waals surface area (Å²) in [5.74, 6) is 0.893. The smallest absolute Gasteiger partial charge is 0.417 e. The van der Waals surface area contributed by atoms with Crippen LogP contribution in [0.15, 0.2) is 4.52 Å². The van der Waals surface area contributed by atoms with E-state index in [4.69, 9.17) is 9.26 Å². The van der Waals surface area contributed by atoms with Gasteiger partial charge in [0, 0.05) is 6.04 Å². The van der Waals surface area contributed by atoms with E-state index in [1.807, 2.05) is 0 Å². The monoisotopic (exact) mass is 253 g/mol. The van der Waals surface area contributed by atoms with Crippen molar-refractivity contribution in [1.29, 1.82) is 0 Å². The number of hydrogen-bond donors (Lipinski definition) is 1. The van der Waals surface area contributed by atoms with Gasteiger partial charge in [0.05, 0.1) is 0 Å². The van der Waals surface area contributed by atoms with E-state index in [1.165, 1.54) is 19.3 Å². The van der Waals surface area contributed by atoms with Crippen LogP contribution in [0.1, 0.15) is 38.4 Å². The van der Waals surface area contributed by atoms with Crippen molar-refractivity contribution in [3.63, 3.8) is 0 Å². The summed E-state index contributed by atoms with van der Waals surface area (Å²) in [6.45, 7) is 3.79. The third-order valence-electron chi connectivity index (χ3n) is 3.29. The van der Waals surface area contributed by atoms with Crippen LogP contribution in [0.4, 0.5) is 0 Å². The lowest BCUT2D eigenvalue weighted by Crippen LogP contribution is -2.43. The molecule has 0 unspecified atom stereocenters. The van der Waals surface area contributed by atoms with Crippen LogP contribution in [0.25, 0.3) is 0 Å². The van der Waals surface area contributed by atoms with Gasteiger partial charge in [0.15, 0.2) is 12.4 Å². The molecule has 1 saturated carbocycles. The Bertz CT molecular complexity index is 405. The van der Waals surface area contributed by atoms with Gasteiger partial charge in [-0.15, -0.1) is 0 Å². The van der Waals surface area contributed by atoms with Crippen LogP contribution in [0.3, 0.4) is 0 Å². The lowest BCUT2D eigenvalue weighted by atomic mass is 9.86. The van der Waals surface area contributed by atoms with Gasteiger partial charge in [-0.05, 0) is 25.7 Å². The Morgan fingerprint density at radius 2 is 2.28 bits per heavy atom. The topological polar surface area (TPSA) is 77.2 Å². The third kappa shape index (κ3) is 3.45. The first-order valence-corrected chi connectivity index (χ1v) is 6.37. The fraction of sp³-hybridized carbons (Fsp3) is 0.750. The van der Waals surface area contributed by atoms with Gasteiger partial charge in [0.1, 0.15) is 0 Å². The van der Waals surface area contributed by atoms with Crippen molar-refractivity contribution in [1.82, 2.24) is 15.5 Å². The summed E-state index contributed by atoms with van der Waals surface area (Å²) < 4.78 is 9.88. The number of amides is 1. The Morgan fingerprint density at radius 3 is 2.94 bits per heavy atom. The third-order valence-corrected chi connectivity index (χ3v) is 3.29. The molecule has 1 aliphatic rings. The Hall–Kier alpha value is -1.59. The Kier molecular flexibility index (Phi) is 4.17. The molecule has 1 aliphatic carbocycles. The molecule has 18 heavy (non-hydrogen) atoms. The summed E-state index contributed by atoms with van der Waals surface area (Å²) >= 11 is 0. The molecule has 1 amide bonds. The molecule has 0 saturated heterocycles. The molecule has 6 nitrogen and oxygen atoms in total. The molecule has 6 heteroatoms. The van der Waals surface area contributed by atoms with E-state index in [0.29, 0.717) is 11.7 Å². The molecule has 1 N–H and O–H groups in total. The van der Waals surface area contributed by atoms with E-state index in [-0.39, 0.29) is 24.6 Å². The van der Waals surface area contributed by atoms with Gasteiger partial charge < -0.3 is 10.1 Å². The van der Waals surface area contributed by atoms with Gasteiger partial charge in [0.25, 0.3) is 5.91 Å². The molecule has 2 atom stereocenters. The molecule has 1 fully saturated rings. The van der Waals surface area contributed by atoms with Crippen LogP contribution < -0.4 is 10.1 Å². The molecule has 0 aromatic carbocycles. The van der Waals surface area contributed by atoms with Crippen LogP contribution in [-0.2, 0) is 4.79 Å². The number of aromatic nitrogens is 2. The standard InChI is InChI=1S/C12H19N3O3/c1-8-5-3-4-6-10(8)14-11(16)7-17-12-13-9(2)15-18-12/h8,10H,3-7H2,1-2H3,(H,14,16)/t8-,10-/m0/s1. The molecular weight excluding hydrogens is 234 g/mol. The van der Waals surface area contributed by atoms with Crippen molar-refractivity contribution in [2.24, 2.45) is 5.92 Å². The summed E-state index contributed by atoms with van der Waals surface area (Å²) in [4.78, 5) is 15.6. The number of nitrogens with one attached hydrogen (secondary N) is 1. The summed E-state index contributed by atoms with van der Waals surface area (Å²) in [7, 11) is 0. The molecule has 0 radical (unpaired) electrons. The first kappa shape index (κ1) is 12.9. The Balaban J connectivity index is 1.74. The molecule has 100 valence electrons. The normalized spacial score (nSPS) is 23.7. The highest BCUT2D eigenvalue weighted by atomic mass is 16.6. The van der Waals surface area contributed by atoms with Gasteiger partial charge in [-0.25, -0.2) is 0 Å². The fourth-order valence-corrected chi connectivity index (χ4v) is 2.24. The maximum absolute atomic E-state index is 11.7. The number of carbonyl (C=O) groups is 1. The Labute approximate surface area is 106 Å². The van der Waals surface area contributed by atoms with Crippen molar-refractivity contribution in [3.8, 4) is 6.08 Å². The van der Waals surface area contributed by atoms with Gasteiger partial charge in [-0.2, -0.15) is 4.98 Å². The lowest BCUT2D eigenvalue weighted by Gasteiger charge is -2.29. The van der Waals surface area contributed by atoms with Crippen molar-refractivity contribution in [2.45, 2.75) is 45.6 Å². The Morgan fingerprint density at radius 1 is 1.50 bits per heavy atom. The maximum Gasteiger partial charge on any atom is 0.417 e. The van der Waals surface area contributed by atoms with Crippen molar-refractivity contribution in [3.05, 3.63) is 5.82 Å². The van der Waals surface area contributed by atoms with Crippen molar-refractivity contribution in [2.75, 3.05) is 6.61 Å². The molecule has 1 aromatic heterocycles. The zero-order valence-corrected chi connectivity index (χ0v) is 10.8. The molecule has 1 heterocycles. The second-order valence-electron chi connectivity index (χ2n) is 4.83. The fourth-order valence-electron chi connectivity index (χ4n) is 2.24. The minimum absolute atomic E-state index is 0.0411. The van der Waals surface area contributed by atoms with Crippen LogP contribution in [0, 0.1) is 12.8 Å². The zero-order chi connectivity index (χ0) is 13.0. The average molecular weight is 253 g/mol. The SMILES string of the molecule is Cc1noc(OCC(=O)N[C@H]2CCCC[C@@H]2C)n1. The zero-order valence-electron chi connectivity index (χ0n) is 10.8. The van der Waals surface area contributed by atoms with Gasteiger partial charge >= 0.3 is 6.08 Å². The maximum atomic E-state index is 11.7. The number of aryl methyl sites for hydroxylation is 1. The van der Waals surface area contributed by atoms with Crippen LogP contribution >= 0.6 is 0 Å². The van der Waals surface area contributed by atoms with Crippen LogP contribution in [-0.4, -0.2) is 28.7 Å². The largest absolute Gasteiger partial charge is 0.439 e. The number of nitrogens with zero attached hydrogens (tertiary/aromatic N) is 2. The van der Waals surface area contributed by atoms with Gasteiger partial charge in [0.2, 0.25) is 0 Å². The number of hydrogen-bond acceptors (Lipinski definition) is 5. The summed E-state index contributed by atoms with van der Waals surface area (Å²) in [6.07, 6.45) is 4.70. The predicted molar refractivity (Wildman–Crippen MR) is 64.1 cm³/mol. The van der Waals surface area contributed by atoms with Crippen LogP contribution in [0.5, 0.6) is 6.08 Å². The second kappa shape index (κ2) is 5.84.